The van der Waals surface area contributed by atoms with Crippen molar-refractivity contribution in [1.29, 1.82) is 0 Å². The minimum absolute atomic E-state index is 0.0346. The van der Waals surface area contributed by atoms with Crippen LogP contribution < -0.4 is 17.2 Å². The first-order chi connectivity index (χ1) is 6.22. The topological polar surface area (TPSA) is 103 Å². The molecule has 13 heavy (non-hydrogen) atoms. The van der Waals surface area contributed by atoms with Gasteiger partial charge in [-0.05, 0) is 0 Å². The SMILES string of the molecule is NCSCc1csc(N=C(N)N)n1. The second-order valence-electron chi connectivity index (χ2n) is 2.17. The number of aromatic nitrogens is 1. The average molecular weight is 217 g/mol. The molecule has 0 aliphatic carbocycles. The first-order valence-electron chi connectivity index (χ1n) is 3.54. The summed E-state index contributed by atoms with van der Waals surface area (Å²) in [6.07, 6.45) is 0. The summed E-state index contributed by atoms with van der Waals surface area (Å²) in [5.41, 5.74) is 16.7. The van der Waals surface area contributed by atoms with Crippen molar-refractivity contribution in [2.75, 3.05) is 5.88 Å². The molecular weight excluding hydrogens is 206 g/mol. The van der Waals surface area contributed by atoms with Crippen molar-refractivity contribution >= 4 is 34.2 Å². The Hall–Kier alpha value is -0.790. The second kappa shape index (κ2) is 5.05. The zero-order valence-corrected chi connectivity index (χ0v) is 8.57. The van der Waals surface area contributed by atoms with Crippen molar-refractivity contribution in [1.82, 2.24) is 4.98 Å². The van der Waals surface area contributed by atoms with Gasteiger partial charge in [0.15, 0.2) is 5.96 Å². The van der Waals surface area contributed by atoms with Crippen LogP contribution in [0, 0.1) is 0 Å². The van der Waals surface area contributed by atoms with Crippen molar-refractivity contribution in [2.24, 2.45) is 22.2 Å². The molecule has 0 unspecified atom stereocenters. The molecule has 1 rings (SSSR count). The van der Waals surface area contributed by atoms with Crippen LogP contribution in [-0.2, 0) is 5.75 Å². The third-order valence-corrected chi connectivity index (χ3v) is 2.65. The van der Waals surface area contributed by atoms with Crippen LogP contribution in [0.15, 0.2) is 10.4 Å². The minimum atomic E-state index is 0.0346. The third-order valence-electron chi connectivity index (χ3n) is 1.13. The number of rotatable bonds is 4. The summed E-state index contributed by atoms with van der Waals surface area (Å²) in [6.45, 7) is 0. The summed E-state index contributed by atoms with van der Waals surface area (Å²) in [7, 11) is 0. The number of hydrogen-bond acceptors (Lipinski definition) is 5. The molecule has 0 atom stereocenters. The fourth-order valence-electron chi connectivity index (χ4n) is 0.688. The molecule has 6 N–H and O–H groups in total. The molecule has 0 spiro atoms. The van der Waals surface area contributed by atoms with E-state index in [1.165, 1.54) is 11.3 Å². The Balaban J connectivity index is 2.58. The molecule has 1 aromatic heterocycles. The molecule has 5 nitrogen and oxygen atoms in total. The molecule has 72 valence electrons. The van der Waals surface area contributed by atoms with Crippen LogP contribution in [0.5, 0.6) is 0 Å². The molecule has 0 bridgehead atoms. The van der Waals surface area contributed by atoms with Crippen LogP contribution >= 0.6 is 23.1 Å². The highest BCUT2D eigenvalue weighted by atomic mass is 32.2. The number of guanidine groups is 1. The Bertz CT molecular complexity index is 291. The fourth-order valence-corrected chi connectivity index (χ4v) is 1.97. The van der Waals surface area contributed by atoms with E-state index in [2.05, 4.69) is 9.98 Å². The molecule has 7 heteroatoms. The zero-order chi connectivity index (χ0) is 9.68. The van der Waals surface area contributed by atoms with Gasteiger partial charge in [0, 0.05) is 17.0 Å². The predicted molar refractivity (Wildman–Crippen MR) is 57.9 cm³/mol. The monoisotopic (exact) mass is 217 g/mol. The van der Waals surface area contributed by atoms with Gasteiger partial charge in [-0.25, -0.2) is 4.98 Å². The standard InChI is InChI=1S/C6H11N5S2/c7-3-12-1-4-2-13-6(10-4)11-5(8)9/h2H,1,3,7H2,(H4,8,9,10,11). The first-order valence-corrected chi connectivity index (χ1v) is 5.57. The molecule has 0 saturated heterocycles. The lowest BCUT2D eigenvalue weighted by atomic mass is 10.6. The van der Waals surface area contributed by atoms with E-state index in [0.29, 0.717) is 11.0 Å². The van der Waals surface area contributed by atoms with Crippen LogP contribution in [0.4, 0.5) is 5.13 Å². The van der Waals surface area contributed by atoms with Crippen LogP contribution in [0.25, 0.3) is 0 Å². The van der Waals surface area contributed by atoms with Gasteiger partial charge >= 0.3 is 0 Å². The van der Waals surface area contributed by atoms with Gasteiger partial charge in [-0.3, -0.25) is 0 Å². The lowest BCUT2D eigenvalue weighted by molar-refractivity contribution is 1.21. The summed E-state index contributed by atoms with van der Waals surface area (Å²) in [5, 5.41) is 2.51. The van der Waals surface area contributed by atoms with E-state index in [1.807, 2.05) is 5.38 Å². The van der Waals surface area contributed by atoms with Crippen molar-refractivity contribution in [3.8, 4) is 0 Å². The molecule has 0 fully saturated rings. The minimum Gasteiger partial charge on any atom is -0.370 e. The number of nitrogens with two attached hydrogens (primary N) is 3. The summed E-state index contributed by atoms with van der Waals surface area (Å²) < 4.78 is 0. The normalized spacial score (nSPS) is 9.92. The largest absolute Gasteiger partial charge is 0.370 e. The van der Waals surface area contributed by atoms with Gasteiger partial charge < -0.3 is 17.2 Å². The number of aliphatic imine (C=N–C) groups is 1. The van der Waals surface area contributed by atoms with Gasteiger partial charge in [-0.2, -0.15) is 4.99 Å². The van der Waals surface area contributed by atoms with Crippen molar-refractivity contribution in [2.45, 2.75) is 5.75 Å². The van der Waals surface area contributed by atoms with Crippen LogP contribution in [0.2, 0.25) is 0 Å². The lowest BCUT2D eigenvalue weighted by Crippen LogP contribution is -2.21. The highest BCUT2D eigenvalue weighted by molar-refractivity contribution is 7.98. The Morgan fingerprint density at radius 2 is 2.38 bits per heavy atom. The van der Waals surface area contributed by atoms with Crippen molar-refractivity contribution in [3.63, 3.8) is 0 Å². The summed E-state index contributed by atoms with van der Waals surface area (Å²) in [6, 6.07) is 0. The van der Waals surface area contributed by atoms with Crippen LogP contribution in [-0.4, -0.2) is 16.8 Å². The fraction of sp³-hybridized carbons (Fsp3) is 0.333. The maximum Gasteiger partial charge on any atom is 0.212 e. The maximum atomic E-state index is 5.33. The summed E-state index contributed by atoms with van der Waals surface area (Å²) in [4.78, 5) is 8.01. The predicted octanol–water partition coefficient (Wildman–Crippen LogP) is 0.197. The molecule has 1 aromatic rings. The molecule has 0 amide bonds. The van der Waals surface area contributed by atoms with Crippen LogP contribution in [0.3, 0.4) is 0 Å². The van der Waals surface area contributed by atoms with E-state index in [4.69, 9.17) is 17.2 Å². The molecular formula is C6H11N5S2. The second-order valence-corrected chi connectivity index (χ2v) is 4.04. The Labute approximate surface area is 84.4 Å². The van der Waals surface area contributed by atoms with Crippen LogP contribution in [0.1, 0.15) is 5.69 Å². The Morgan fingerprint density at radius 1 is 1.62 bits per heavy atom. The molecule has 1 heterocycles. The zero-order valence-electron chi connectivity index (χ0n) is 6.93. The molecule has 0 aliphatic rings. The number of hydrogen-bond donors (Lipinski definition) is 3. The molecule has 0 radical (unpaired) electrons. The molecule has 0 aromatic carbocycles. The number of nitrogens with zero attached hydrogens (tertiary/aromatic N) is 2. The maximum absolute atomic E-state index is 5.33. The van der Waals surface area contributed by atoms with E-state index in [9.17, 15) is 0 Å². The van der Waals surface area contributed by atoms with Gasteiger partial charge in [-0.15, -0.1) is 23.1 Å². The quantitative estimate of drug-likeness (QED) is 0.379. The van der Waals surface area contributed by atoms with Gasteiger partial charge in [0.25, 0.3) is 0 Å². The number of thiazole rings is 1. The molecule has 0 aliphatic heterocycles. The van der Waals surface area contributed by atoms with Crippen molar-refractivity contribution in [3.05, 3.63) is 11.1 Å². The van der Waals surface area contributed by atoms with E-state index < -0.39 is 0 Å². The number of thioether (sulfide) groups is 1. The van der Waals surface area contributed by atoms with Gasteiger partial charge in [0.2, 0.25) is 5.13 Å². The van der Waals surface area contributed by atoms with Gasteiger partial charge in [-0.1, -0.05) is 0 Å². The van der Waals surface area contributed by atoms with E-state index in [1.54, 1.807) is 11.8 Å². The molecule has 0 saturated carbocycles. The highest BCUT2D eigenvalue weighted by Gasteiger charge is 2.00. The Morgan fingerprint density at radius 3 is 3.00 bits per heavy atom. The highest BCUT2D eigenvalue weighted by Crippen LogP contribution is 2.20. The smallest absolute Gasteiger partial charge is 0.212 e. The first kappa shape index (κ1) is 10.3. The lowest BCUT2D eigenvalue weighted by Gasteiger charge is -1.91. The third kappa shape index (κ3) is 3.62. The van der Waals surface area contributed by atoms with Gasteiger partial charge in [0.1, 0.15) is 0 Å². The summed E-state index contributed by atoms with van der Waals surface area (Å²) >= 11 is 3.02. The van der Waals surface area contributed by atoms with E-state index in [0.717, 1.165) is 11.4 Å². The van der Waals surface area contributed by atoms with Crippen molar-refractivity contribution < 1.29 is 0 Å². The van der Waals surface area contributed by atoms with E-state index in [-0.39, 0.29) is 5.96 Å². The average Bonchev–Trinajstić information content (AvgIpc) is 2.48. The van der Waals surface area contributed by atoms with Gasteiger partial charge in [0.05, 0.1) is 5.69 Å². The Kier molecular flexibility index (Phi) is 4.00. The summed E-state index contributed by atoms with van der Waals surface area (Å²) in [5.74, 6) is 1.43. The van der Waals surface area contributed by atoms with E-state index >= 15 is 0 Å².